The van der Waals surface area contributed by atoms with E-state index in [-0.39, 0.29) is 18.1 Å². The highest BCUT2D eigenvalue weighted by Crippen LogP contribution is 2.16. The molecule has 118 valence electrons. The Hall–Kier alpha value is -1.59. The number of nitrogens with zero attached hydrogens (tertiary/aromatic N) is 1. The van der Waals surface area contributed by atoms with Crippen LogP contribution in [-0.4, -0.2) is 55.4 Å². The number of para-hydroxylation sites is 1. The average Bonchev–Trinajstić information content (AvgIpc) is 2.48. The number of carbonyl (C=O) groups is 1. The number of phenols is 1. The summed E-state index contributed by atoms with van der Waals surface area (Å²) in [5.74, 6) is 0.122. The van der Waals surface area contributed by atoms with E-state index >= 15 is 0 Å². The minimum Gasteiger partial charge on any atom is -0.508 e. The van der Waals surface area contributed by atoms with E-state index in [2.05, 4.69) is 0 Å². The van der Waals surface area contributed by atoms with Gasteiger partial charge in [-0.3, -0.25) is 4.79 Å². The third-order valence-electron chi connectivity index (χ3n) is 3.11. The number of phenolic OH excluding ortho intramolecular Hbond substituents is 1. The van der Waals surface area contributed by atoms with Crippen molar-refractivity contribution in [1.29, 1.82) is 0 Å². The molecule has 21 heavy (non-hydrogen) atoms. The molecule has 0 heterocycles. The number of hydrogen-bond acceptors (Lipinski definition) is 4. The topological polar surface area (TPSA) is 59.0 Å². The number of carbonyl (C=O) groups excluding carboxylic acids is 1. The van der Waals surface area contributed by atoms with Crippen molar-refractivity contribution < 1.29 is 19.4 Å². The Morgan fingerprint density at radius 1 is 1.10 bits per heavy atom. The van der Waals surface area contributed by atoms with Crippen LogP contribution in [0.5, 0.6) is 5.75 Å². The molecule has 0 unspecified atom stereocenters. The maximum atomic E-state index is 12.4. The zero-order chi connectivity index (χ0) is 15.5. The summed E-state index contributed by atoms with van der Waals surface area (Å²) in [6.45, 7) is 7.20. The van der Waals surface area contributed by atoms with Crippen molar-refractivity contribution in [3.8, 4) is 5.75 Å². The minimum atomic E-state index is -0.0316. The molecule has 1 amide bonds. The molecular formula is C16H25NO4. The van der Waals surface area contributed by atoms with Crippen LogP contribution in [0.1, 0.15) is 19.4 Å². The van der Waals surface area contributed by atoms with E-state index in [1.165, 1.54) is 0 Å². The fraction of sp³-hybridized carbons (Fsp3) is 0.562. The van der Waals surface area contributed by atoms with E-state index in [0.717, 1.165) is 0 Å². The molecule has 0 saturated heterocycles. The molecular weight excluding hydrogens is 270 g/mol. The summed E-state index contributed by atoms with van der Waals surface area (Å²) < 4.78 is 10.6. The summed E-state index contributed by atoms with van der Waals surface area (Å²) in [7, 11) is 0. The standard InChI is InChI=1S/C16H25NO4/c1-3-20-11-9-17(10-12-21-4-2)16(19)13-14-7-5-6-8-15(14)18/h5-8,18H,3-4,9-13H2,1-2H3. The third-order valence-corrected chi connectivity index (χ3v) is 3.11. The number of benzene rings is 1. The van der Waals surface area contributed by atoms with E-state index in [0.29, 0.717) is 45.1 Å². The van der Waals surface area contributed by atoms with Gasteiger partial charge in [0.15, 0.2) is 0 Å². The van der Waals surface area contributed by atoms with Gasteiger partial charge in [0.2, 0.25) is 5.91 Å². The second kappa shape index (κ2) is 10.2. The van der Waals surface area contributed by atoms with Crippen molar-refractivity contribution in [2.75, 3.05) is 39.5 Å². The van der Waals surface area contributed by atoms with Gasteiger partial charge in [-0.1, -0.05) is 18.2 Å². The lowest BCUT2D eigenvalue weighted by molar-refractivity contribution is -0.132. The number of rotatable bonds is 10. The molecule has 5 nitrogen and oxygen atoms in total. The predicted octanol–water partition coefficient (Wildman–Crippen LogP) is 1.84. The van der Waals surface area contributed by atoms with Gasteiger partial charge in [-0.2, -0.15) is 0 Å². The Labute approximate surface area is 126 Å². The highest BCUT2D eigenvalue weighted by atomic mass is 16.5. The third kappa shape index (κ3) is 6.60. The Morgan fingerprint density at radius 3 is 2.19 bits per heavy atom. The van der Waals surface area contributed by atoms with Crippen LogP contribution in [-0.2, 0) is 20.7 Å². The molecule has 1 rings (SSSR count). The molecule has 1 aromatic carbocycles. The Bertz CT molecular complexity index is 412. The summed E-state index contributed by atoms with van der Waals surface area (Å²) in [6, 6.07) is 6.90. The Balaban J connectivity index is 2.58. The van der Waals surface area contributed by atoms with Crippen LogP contribution in [0.2, 0.25) is 0 Å². The van der Waals surface area contributed by atoms with Gasteiger partial charge in [-0.25, -0.2) is 0 Å². The maximum absolute atomic E-state index is 12.4. The Morgan fingerprint density at radius 2 is 1.67 bits per heavy atom. The highest BCUT2D eigenvalue weighted by Gasteiger charge is 2.15. The molecule has 0 spiro atoms. The lowest BCUT2D eigenvalue weighted by Crippen LogP contribution is -2.37. The normalized spacial score (nSPS) is 10.6. The molecule has 0 aliphatic rings. The molecule has 0 saturated carbocycles. The zero-order valence-electron chi connectivity index (χ0n) is 12.9. The quantitative estimate of drug-likeness (QED) is 0.669. The van der Waals surface area contributed by atoms with Crippen molar-refractivity contribution in [2.24, 2.45) is 0 Å². The van der Waals surface area contributed by atoms with Gasteiger partial charge >= 0.3 is 0 Å². The van der Waals surface area contributed by atoms with Gasteiger partial charge in [0.05, 0.1) is 19.6 Å². The number of hydrogen-bond donors (Lipinski definition) is 1. The second-order valence-electron chi connectivity index (χ2n) is 4.58. The smallest absolute Gasteiger partial charge is 0.227 e. The summed E-state index contributed by atoms with van der Waals surface area (Å²) >= 11 is 0. The van der Waals surface area contributed by atoms with Gasteiger partial charge < -0.3 is 19.5 Å². The van der Waals surface area contributed by atoms with Crippen LogP contribution < -0.4 is 0 Å². The van der Waals surface area contributed by atoms with Gasteiger partial charge in [0.1, 0.15) is 5.75 Å². The zero-order valence-corrected chi connectivity index (χ0v) is 12.9. The average molecular weight is 295 g/mol. The molecule has 0 aliphatic carbocycles. The van der Waals surface area contributed by atoms with Crippen LogP contribution >= 0.6 is 0 Å². The first-order valence-corrected chi connectivity index (χ1v) is 7.39. The number of ether oxygens (including phenoxy) is 2. The highest BCUT2D eigenvalue weighted by molar-refractivity contribution is 5.79. The van der Waals surface area contributed by atoms with Gasteiger partial charge in [-0.05, 0) is 19.9 Å². The predicted molar refractivity (Wildman–Crippen MR) is 81.4 cm³/mol. The summed E-state index contributed by atoms with van der Waals surface area (Å²) in [4.78, 5) is 14.1. The molecule has 0 bridgehead atoms. The molecule has 1 aromatic rings. The van der Waals surface area contributed by atoms with Crippen molar-refractivity contribution >= 4 is 5.91 Å². The van der Waals surface area contributed by atoms with Crippen LogP contribution in [0.4, 0.5) is 0 Å². The molecule has 5 heteroatoms. The number of aromatic hydroxyl groups is 1. The van der Waals surface area contributed by atoms with E-state index in [1.807, 2.05) is 19.9 Å². The van der Waals surface area contributed by atoms with Crippen molar-refractivity contribution in [1.82, 2.24) is 4.90 Å². The van der Waals surface area contributed by atoms with Crippen LogP contribution in [0.15, 0.2) is 24.3 Å². The first kappa shape index (κ1) is 17.5. The molecule has 0 radical (unpaired) electrons. The monoisotopic (exact) mass is 295 g/mol. The molecule has 0 atom stereocenters. The summed E-state index contributed by atoms with van der Waals surface area (Å²) in [5, 5.41) is 9.75. The lowest BCUT2D eigenvalue weighted by atomic mass is 10.1. The fourth-order valence-corrected chi connectivity index (χ4v) is 1.93. The van der Waals surface area contributed by atoms with Crippen molar-refractivity contribution in [3.63, 3.8) is 0 Å². The molecule has 0 aromatic heterocycles. The van der Waals surface area contributed by atoms with Crippen molar-refractivity contribution in [2.45, 2.75) is 20.3 Å². The Kier molecular flexibility index (Phi) is 8.47. The minimum absolute atomic E-state index is 0.0316. The van der Waals surface area contributed by atoms with Crippen LogP contribution in [0.3, 0.4) is 0 Å². The lowest BCUT2D eigenvalue weighted by Gasteiger charge is -2.22. The second-order valence-corrected chi connectivity index (χ2v) is 4.58. The van der Waals surface area contributed by atoms with E-state index in [4.69, 9.17) is 9.47 Å². The molecule has 0 aliphatic heterocycles. The van der Waals surface area contributed by atoms with Crippen molar-refractivity contribution in [3.05, 3.63) is 29.8 Å². The number of amides is 1. The largest absolute Gasteiger partial charge is 0.508 e. The summed E-state index contributed by atoms with van der Waals surface area (Å²) in [5.41, 5.74) is 0.639. The van der Waals surface area contributed by atoms with Crippen LogP contribution in [0, 0.1) is 0 Å². The first-order chi connectivity index (χ1) is 10.2. The van der Waals surface area contributed by atoms with E-state index in [9.17, 15) is 9.90 Å². The van der Waals surface area contributed by atoms with Crippen LogP contribution in [0.25, 0.3) is 0 Å². The van der Waals surface area contributed by atoms with E-state index < -0.39 is 0 Å². The summed E-state index contributed by atoms with van der Waals surface area (Å²) in [6.07, 6.45) is 0.185. The first-order valence-electron chi connectivity index (χ1n) is 7.39. The van der Waals surface area contributed by atoms with Gasteiger partial charge in [0, 0.05) is 31.9 Å². The molecule has 1 N–H and O–H groups in total. The van der Waals surface area contributed by atoms with Gasteiger partial charge in [-0.15, -0.1) is 0 Å². The molecule has 0 fully saturated rings. The van der Waals surface area contributed by atoms with Gasteiger partial charge in [0.25, 0.3) is 0 Å². The van der Waals surface area contributed by atoms with E-state index in [1.54, 1.807) is 23.1 Å². The fourth-order valence-electron chi connectivity index (χ4n) is 1.93. The maximum Gasteiger partial charge on any atom is 0.227 e. The SMILES string of the molecule is CCOCCN(CCOCC)C(=O)Cc1ccccc1O.